The lowest BCUT2D eigenvalue weighted by atomic mass is 9.95. The van der Waals surface area contributed by atoms with E-state index < -0.39 is 0 Å². The van der Waals surface area contributed by atoms with Crippen molar-refractivity contribution in [2.45, 2.75) is 0 Å². The zero-order chi connectivity index (χ0) is 7.68. The van der Waals surface area contributed by atoms with E-state index in [1.165, 1.54) is 0 Å². The predicted molar refractivity (Wildman–Crippen MR) is 39.7 cm³/mol. The van der Waals surface area contributed by atoms with Gasteiger partial charge in [0, 0.05) is 6.20 Å². The van der Waals surface area contributed by atoms with Crippen LogP contribution in [0.1, 0.15) is 0 Å². The molecule has 1 aliphatic carbocycles. The van der Waals surface area contributed by atoms with Gasteiger partial charge in [0.2, 0.25) is 0 Å². The van der Waals surface area contributed by atoms with Crippen molar-refractivity contribution >= 4 is 5.78 Å². The van der Waals surface area contributed by atoms with E-state index in [-0.39, 0.29) is 11.7 Å². The normalized spacial score (nSPS) is 26.7. The number of fused-ring (bicyclic) bond motifs is 1. The molecule has 1 atom stereocenters. The molecule has 2 rings (SSSR count). The van der Waals surface area contributed by atoms with Crippen molar-refractivity contribution in [1.82, 2.24) is 0 Å². The Bertz CT molecular complexity index is 310. The summed E-state index contributed by atoms with van der Waals surface area (Å²) in [5, 5.41) is 7.52. The molecule has 0 N–H and O–H groups in total. The molecule has 0 saturated heterocycles. The van der Waals surface area contributed by atoms with Crippen molar-refractivity contribution in [3.05, 3.63) is 36.2 Å². The molecule has 0 spiro atoms. The summed E-state index contributed by atoms with van der Waals surface area (Å²) < 4.78 is 0. The molecule has 2 aliphatic rings. The summed E-state index contributed by atoms with van der Waals surface area (Å²) in [6.07, 6.45) is 8.37. The number of rotatable bonds is 0. The first-order valence-corrected chi connectivity index (χ1v) is 3.37. The molecule has 1 unspecified atom stereocenters. The van der Waals surface area contributed by atoms with E-state index in [0.29, 0.717) is 0 Å². The third kappa shape index (κ3) is 0.941. The highest BCUT2D eigenvalue weighted by Gasteiger charge is 2.21. The smallest absolute Gasteiger partial charge is 0.168 e. The van der Waals surface area contributed by atoms with Gasteiger partial charge in [-0.15, -0.1) is 0 Å². The molecule has 11 heavy (non-hydrogen) atoms. The first-order chi connectivity index (χ1) is 5.38. The Labute approximate surface area is 63.8 Å². The van der Waals surface area contributed by atoms with Gasteiger partial charge in [0.25, 0.3) is 0 Å². The van der Waals surface area contributed by atoms with E-state index in [1.807, 2.05) is 0 Å². The van der Waals surface area contributed by atoms with Gasteiger partial charge in [-0.05, 0) is 18.2 Å². The van der Waals surface area contributed by atoms with Crippen LogP contribution in [0, 0.1) is 5.92 Å². The third-order valence-corrected chi connectivity index (χ3v) is 1.67. The molecule has 0 radical (unpaired) electrons. The van der Waals surface area contributed by atoms with Crippen molar-refractivity contribution in [3.63, 3.8) is 0 Å². The summed E-state index contributed by atoms with van der Waals surface area (Å²) in [5.41, 5.74) is 0.736. The molecule has 3 nitrogen and oxygen atoms in total. The molecular weight excluding hydrogens is 140 g/mol. The molecule has 1 aliphatic heterocycles. The molecule has 3 heteroatoms. The maximum atomic E-state index is 11.1. The van der Waals surface area contributed by atoms with Crippen LogP contribution >= 0.6 is 0 Å². The SMILES string of the molecule is O=C1C=CC=C2N=NC=CC12. The molecular formula is C8H6N2O. The van der Waals surface area contributed by atoms with Gasteiger partial charge in [-0.3, -0.25) is 4.79 Å². The summed E-state index contributed by atoms with van der Waals surface area (Å²) in [6.45, 7) is 0. The van der Waals surface area contributed by atoms with Crippen molar-refractivity contribution in [1.29, 1.82) is 0 Å². The quantitative estimate of drug-likeness (QED) is 0.511. The molecule has 54 valence electrons. The number of hydrogen-bond acceptors (Lipinski definition) is 3. The highest BCUT2D eigenvalue weighted by Crippen LogP contribution is 2.23. The van der Waals surface area contributed by atoms with E-state index in [2.05, 4.69) is 10.2 Å². The van der Waals surface area contributed by atoms with E-state index in [0.717, 1.165) is 5.70 Å². The Morgan fingerprint density at radius 3 is 3.18 bits per heavy atom. The van der Waals surface area contributed by atoms with Gasteiger partial charge in [-0.1, -0.05) is 6.08 Å². The molecule has 0 aromatic carbocycles. The average molecular weight is 146 g/mol. The molecule has 1 heterocycles. The molecule has 0 fully saturated rings. The maximum absolute atomic E-state index is 11.1. The Kier molecular flexibility index (Phi) is 1.28. The van der Waals surface area contributed by atoms with Crippen LogP contribution in [0.5, 0.6) is 0 Å². The van der Waals surface area contributed by atoms with Gasteiger partial charge in [0.05, 0.1) is 11.6 Å². The van der Waals surface area contributed by atoms with Gasteiger partial charge in [-0.25, -0.2) is 0 Å². The number of carbonyl (C=O) groups is 1. The van der Waals surface area contributed by atoms with Crippen LogP contribution in [0.25, 0.3) is 0 Å². The van der Waals surface area contributed by atoms with Crippen molar-refractivity contribution in [2.24, 2.45) is 16.1 Å². The second-order valence-electron chi connectivity index (χ2n) is 2.39. The number of ketones is 1. The number of carbonyl (C=O) groups excluding carboxylic acids is 1. The van der Waals surface area contributed by atoms with E-state index in [1.54, 1.807) is 30.5 Å². The lowest BCUT2D eigenvalue weighted by molar-refractivity contribution is -0.116. The third-order valence-electron chi connectivity index (χ3n) is 1.67. The Morgan fingerprint density at radius 1 is 1.45 bits per heavy atom. The summed E-state index contributed by atoms with van der Waals surface area (Å²) in [6, 6.07) is 0. The van der Waals surface area contributed by atoms with Gasteiger partial charge < -0.3 is 0 Å². The van der Waals surface area contributed by atoms with Gasteiger partial charge >= 0.3 is 0 Å². The largest absolute Gasteiger partial charge is 0.294 e. The van der Waals surface area contributed by atoms with Crippen LogP contribution in [-0.4, -0.2) is 5.78 Å². The van der Waals surface area contributed by atoms with Crippen molar-refractivity contribution < 1.29 is 4.79 Å². The highest BCUT2D eigenvalue weighted by molar-refractivity contribution is 5.96. The van der Waals surface area contributed by atoms with Crippen LogP contribution in [0.2, 0.25) is 0 Å². The summed E-state index contributed by atoms with van der Waals surface area (Å²) in [7, 11) is 0. The fourth-order valence-electron chi connectivity index (χ4n) is 1.11. The molecule has 0 bridgehead atoms. The van der Waals surface area contributed by atoms with E-state index >= 15 is 0 Å². The summed E-state index contributed by atoms with van der Waals surface area (Å²) >= 11 is 0. The average Bonchev–Trinajstić information content (AvgIpc) is 2.06. The van der Waals surface area contributed by atoms with Gasteiger partial charge in [0.1, 0.15) is 0 Å². The fraction of sp³-hybridized carbons (Fsp3) is 0.125. The van der Waals surface area contributed by atoms with Gasteiger partial charge in [0.15, 0.2) is 5.78 Å². The van der Waals surface area contributed by atoms with Crippen LogP contribution in [0.4, 0.5) is 0 Å². The summed E-state index contributed by atoms with van der Waals surface area (Å²) in [4.78, 5) is 11.1. The molecule has 0 aromatic rings. The van der Waals surface area contributed by atoms with Crippen molar-refractivity contribution in [3.8, 4) is 0 Å². The second-order valence-corrected chi connectivity index (χ2v) is 2.39. The standard InChI is InChI=1S/C8H6N2O/c11-8-3-1-2-7-6(8)4-5-9-10-7/h1-6H. The van der Waals surface area contributed by atoms with Crippen LogP contribution in [-0.2, 0) is 4.79 Å². The number of allylic oxidation sites excluding steroid dienone is 4. The van der Waals surface area contributed by atoms with Crippen molar-refractivity contribution in [2.75, 3.05) is 0 Å². The predicted octanol–water partition coefficient (Wildman–Crippen LogP) is 1.60. The topological polar surface area (TPSA) is 41.8 Å². The maximum Gasteiger partial charge on any atom is 0.168 e. The molecule has 0 saturated carbocycles. The lowest BCUT2D eigenvalue weighted by Crippen LogP contribution is -2.14. The first-order valence-electron chi connectivity index (χ1n) is 3.37. The monoisotopic (exact) mass is 146 g/mol. The lowest BCUT2D eigenvalue weighted by Gasteiger charge is -2.13. The molecule has 0 amide bonds. The van der Waals surface area contributed by atoms with Crippen LogP contribution in [0.3, 0.4) is 0 Å². The first kappa shape index (κ1) is 6.22. The number of hydrogen-bond donors (Lipinski definition) is 0. The number of azo groups is 1. The number of nitrogens with zero attached hydrogens (tertiary/aromatic N) is 2. The highest BCUT2D eigenvalue weighted by atomic mass is 16.1. The minimum atomic E-state index is -0.183. The zero-order valence-corrected chi connectivity index (χ0v) is 5.77. The molecule has 0 aromatic heterocycles. The van der Waals surface area contributed by atoms with E-state index in [4.69, 9.17) is 0 Å². The Morgan fingerprint density at radius 2 is 2.36 bits per heavy atom. The van der Waals surface area contributed by atoms with E-state index in [9.17, 15) is 4.79 Å². The summed E-state index contributed by atoms with van der Waals surface area (Å²) in [5.74, 6) is -0.102. The van der Waals surface area contributed by atoms with Crippen LogP contribution < -0.4 is 0 Å². The Balaban J connectivity index is 2.43. The minimum Gasteiger partial charge on any atom is -0.294 e. The van der Waals surface area contributed by atoms with Crippen LogP contribution in [0.15, 0.2) is 46.4 Å². The minimum absolute atomic E-state index is 0.0809. The fourth-order valence-corrected chi connectivity index (χ4v) is 1.11. The van der Waals surface area contributed by atoms with Gasteiger partial charge in [-0.2, -0.15) is 10.2 Å². The zero-order valence-electron chi connectivity index (χ0n) is 5.77. The second kappa shape index (κ2) is 2.27. The Hall–Kier alpha value is -1.51.